The summed E-state index contributed by atoms with van der Waals surface area (Å²) >= 11 is 0. The lowest BCUT2D eigenvalue weighted by Gasteiger charge is -2.03. The van der Waals surface area contributed by atoms with Crippen LogP contribution in [0.25, 0.3) is 0 Å². The molecular formula is C13H11N3. The molecule has 0 aliphatic rings. The van der Waals surface area contributed by atoms with Crippen molar-refractivity contribution >= 4 is 5.82 Å². The van der Waals surface area contributed by atoms with E-state index >= 15 is 0 Å². The predicted molar refractivity (Wildman–Crippen MR) is 62.6 cm³/mol. The fourth-order valence-electron chi connectivity index (χ4n) is 1.54. The van der Waals surface area contributed by atoms with E-state index in [2.05, 4.69) is 4.98 Å². The van der Waals surface area contributed by atoms with Gasteiger partial charge in [-0.25, -0.2) is 4.98 Å². The molecule has 1 aromatic carbocycles. The maximum atomic E-state index is 8.84. The lowest BCUT2D eigenvalue weighted by Crippen LogP contribution is -1.97. The van der Waals surface area contributed by atoms with Gasteiger partial charge >= 0.3 is 0 Å². The number of nitrogens with zero attached hydrogens (tertiary/aromatic N) is 2. The van der Waals surface area contributed by atoms with E-state index in [0.717, 1.165) is 12.0 Å². The molecule has 16 heavy (non-hydrogen) atoms. The first-order chi connectivity index (χ1) is 7.79. The Morgan fingerprint density at radius 2 is 1.94 bits per heavy atom. The van der Waals surface area contributed by atoms with Gasteiger partial charge in [-0.1, -0.05) is 30.3 Å². The Hall–Kier alpha value is -2.34. The Bertz CT molecular complexity index is 527. The van der Waals surface area contributed by atoms with Crippen molar-refractivity contribution in [2.75, 3.05) is 5.73 Å². The van der Waals surface area contributed by atoms with Crippen molar-refractivity contribution in [3.8, 4) is 6.07 Å². The van der Waals surface area contributed by atoms with Crippen molar-refractivity contribution in [2.24, 2.45) is 0 Å². The molecular weight excluding hydrogens is 198 g/mol. The van der Waals surface area contributed by atoms with Crippen LogP contribution in [0.5, 0.6) is 0 Å². The summed E-state index contributed by atoms with van der Waals surface area (Å²) in [4.78, 5) is 4.00. The van der Waals surface area contributed by atoms with E-state index in [1.165, 1.54) is 5.56 Å². The molecule has 3 nitrogen and oxygen atoms in total. The van der Waals surface area contributed by atoms with Gasteiger partial charge in [0.15, 0.2) is 0 Å². The van der Waals surface area contributed by atoms with E-state index in [-0.39, 0.29) is 0 Å². The molecule has 1 heterocycles. The summed E-state index contributed by atoms with van der Waals surface area (Å²) in [7, 11) is 0. The van der Waals surface area contributed by atoms with Crippen LogP contribution in [0, 0.1) is 11.3 Å². The highest BCUT2D eigenvalue weighted by molar-refractivity contribution is 5.49. The fourth-order valence-corrected chi connectivity index (χ4v) is 1.54. The molecule has 0 saturated heterocycles. The summed E-state index contributed by atoms with van der Waals surface area (Å²) in [6, 6.07) is 13.9. The van der Waals surface area contributed by atoms with Gasteiger partial charge < -0.3 is 5.73 Å². The third kappa shape index (κ3) is 2.18. The van der Waals surface area contributed by atoms with Crippen LogP contribution in [0.2, 0.25) is 0 Å². The van der Waals surface area contributed by atoms with Crippen molar-refractivity contribution in [3.05, 3.63) is 59.3 Å². The molecule has 2 aromatic rings. The highest BCUT2D eigenvalue weighted by Crippen LogP contribution is 2.13. The number of aromatic nitrogens is 1. The number of hydrogen-bond acceptors (Lipinski definition) is 3. The van der Waals surface area contributed by atoms with E-state index in [1.54, 1.807) is 12.3 Å². The lowest BCUT2D eigenvalue weighted by atomic mass is 10.1. The quantitative estimate of drug-likeness (QED) is 0.824. The van der Waals surface area contributed by atoms with Gasteiger partial charge in [-0.05, 0) is 23.6 Å². The summed E-state index contributed by atoms with van der Waals surface area (Å²) < 4.78 is 0. The minimum atomic E-state index is 0.291. The van der Waals surface area contributed by atoms with Crippen LogP contribution in [-0.4, -0.2) is 4.98 Å². The summed E-state index contributed by atoms with van der Waals surface area (Å²) in [5.74, 6) is 0.291. The van der Waals surface area contributed by atoms with Crippen LogP contribution in [0.1, 0.15) is 16.7 Å². The summed E-state index contributed by atoms with van der Waals surface area (Å²) in [5.41, 5.74) is 8.19. The van der Waals surface area contributed by atoms with E-state index in [4.69, 9.17) is 11.0 Å². The van der Waals surface area contributed by atoms with Crippen LogP contribution in [0.15, 0.2) is 42.6 Å². The highest BCUT2D eigenvalue weighted by atomic mass is 14.8. The topological polar surface area (TPSA) is 62.7 Å². The molecule has 0 saturated carbocycles. The van der Waals surface area contributed by atoms with Crippen LogP contribution >= 0.6 is 0 Å². The van der Waals surface area contributed by atoms with Crippen LogP contribution in [-0.2, 0) is 6.42 Å². The molecule has 78 valence electrons. The van der Waals surface area contributed by atoms with Gasteiger partial charge in [0, 0.05) is 6.20 Å². The molecule has 0 aliphatic heterocycles. The fraction of sp³-hybridized carbons (Fsp3) is 0.0769. The average molecular weight is 209 g/mol. The molecule has 0 aliphatic carbocycles. The number of anilines is 1. The number of pyridine rings is 1. The third-order valence-corrected chi connectivity index (χ3v) is 2.35. The lowest BCUT2D eigenvalue weighted by molar-refractivity contribution is 1.14. The number of benzene rings is 1. The smallest absolute Gasteiger partial charge is 0.141 e. The normalized spacial score (nSPS) is 9.69. The predicted octanol–water partition coefficient (Wildman–Crippen LogP) is 2.13. The van der Waals surface area contributed by atoms with Gasteiger partial charge in [0.05, 0.1) is 5.56 Å². The zero-order valence-corrected chi connectivity index (χ0v) is 8.72. The first-order valence-corrected chi connectivity index (χ1v) is 4.98. The Labute approximate surface area is 94.2 Å². The van der Waals surface area contributed by atoms with E-state index in [9.17, 15) is 0 Å². The monoisotopic (exact) mass is 209 g/mol. The molecule has 0 fully saturated rings. The Morgan fingerprint density at radius 1 is 1.19 bits per heavy atom. The second-order valence-electron chi connectivity index (χ2n) is 3.55. The first-order valence-electron chi connectivity index (χ1n) is 4.98. The van der Waals surface area contributed by atoms with Crippen LogP contribution in [0.4, 0.5) is 5.82 Å². The summed E-state index contributed by atoms with van der Waals surface area (Å²) in [5, 5.41) is 8.84. The number of nitrogen functional groups attached to an aromatic ring is 1. The number of hydrogen-bond donors (Lipinski definition) is 1. The second-order valence-corrected chi connectivity index (χ2v) is 3.55. The number of nitriles is 1. The van der Waals surface area contributed by atoms with Crippen LogP contribution in [0.3, 0.4) is 0 Å². The van der Waals surface area contributed by atoms with Crippen molar-refractivity contribution in [2.45, 2.75) is 6.42 Å². The number of rotatable bonds is 2. The molecule has 2 N–H and O–H groups in total. The Kier molecular flexibility index (Phi) is 2.84. The zero-order chi connectivity index (χ0) is 11.4. The average Bonchev–Trinajstić information content (AvgIpc) is 2.33. The SMILES string of the molecule is N#Cc1cc(Cc2ccccc2)cnc1N. The zero-order valence-electron chi connectivity index (χ0n) is 8.72. The number of nitrogens with two attached hydrogens (primary N) is 1. The van der Waals surface area contributed by atoms with Gasteiger partial charge in [-0.15, -0.1) is 0 Å². The van der Waals surface area contributed by atoms with E-state index in [1.807, 2.05) is 36.4 Å². The highest BCUT2D eigenvalue weighted by Gasteiger charge is 2.02. The van der Waals surface area contributed by atoms with Gasteiger partial charge in [0.25, 0.3) is 0 Å². The van der Waals surface area contributed by atoms with Gasteiger partial charge in [0.2, 0.25) is 0 Å². The molecule has 2 rings (SSSR count). The van der Waals surface area contributed by atoms with Crippen molar-refractivity contribution < 1.29 is 0 Å². The minimum Gasteiger partial charge on any atom is -0.383 e. The van der Waals surface area contributed by atoms with Crippen molar-refractivity contribution in [1.82, 2.24) is 4.98 Å². The summed E-state index contributed by atoms with van der Waals surface area (Å²) in [6.07, 6.45) is 2.48. The third-order valence-electron chi connectivity index (χ3n) is 2.35. The standard InChI is InChI=1S/C13H11N3/c14-8-12-7-11(9-16-13(12)15)6-10-4-2-1-3-5-10/h1-5,7,9H,6H2,(H2,15,16). The van der Waals surface area contributed by atoms with Gasteiger partial charge in [0.1, 0.15) is 11.9 Å². The molecule has 0 radical (unpaired) electrons. The first kappa shape index (κ1) is 10.2. The van der Waals surface area contributed by atoms with Crippen molar-refractivity contribution in [3.63, 3.8) is 0 Å². The minimum absolute atomic E-state index is 0.291. The van der Waals surface area contributed by atoms with E-state index in [0.29, 0.717) is 11.4 Å². The largest absolute Gasteiger partial charge is 0.383 e. The Morgan fingerprint density at radius 3 is 2.62 bits per heavy atom. The van der Waals surface area contributed by atoms with E-state index < -0.39 is 0 Å². The molecule has 0 unspecified atom stereocenters. The second kappa shape index (κ2) is 4.45. The van der Waals surface area contributed by atoms with Gasteiger partial charge in [-0.2, -0.15) is 5.26 Å². The molecule has 0 atom stereocenters. The molecule has 1 aromatic heterocycles. The van der Waals surface area contributed by atoms with Crippen molar-refractivity contribution in [1.29, 1.82) is 5.26 Å². The Balaban J connectivity index is 2.27. The maximum absolute atomic E-state index is 8.84. The molecule has 0 bridgehead atoms. The van der Waals surface area contributed by atoms with Crippen LogP contribution < -0.4 is 5.73 Å². The maximum Gasteiger partial charge on any atom is 0.141 e. The molecule has 0 amide bonds. The molecule has 0 spiro atoms. The summed E-state index contributed by atoms with van der Waals surface area (Å²) in [6.45, 7) is 0. The van der Waals surface area contributed by atoms with Gasteiger partial charge in [-0.3, -0.25) is 0 Å². The molecule has 3 heteroatoms.